The molecule has 6 nitrogen and oxygen atoms in total. The predicted octanol–water partition coefficient (Wildman–Crippen LogP) is 3.20. The third-order valence-electron chi connectivity index (χ3n) is 3.98. The Hall–Kier alpha value is -2.84. The van der Waals surface area contributed by atoms with E-state index in [0.29, 0.717) is 30.4 Å². The lowest BCUT2D eigenvalue weighted by atomic mass is 9.88. The first-order valence-electron chi connectivity index (χ1n) is 8.04. The lowest BCUT2D eigenvalue weighted by Gasteiger charge is -2.26. The molecule has 0 saturated heterocycles. The third kappa shape index (κ3) is 5.57. The van der Waals surface area contributed by atoms with Gasteiger partial charge in [-0.05, 0) is 42.5 Å². The van der Waals surface area contributed by atoms with Crippen molar-refractivity contribution in [3.8, 4) is 0 Å². The molecule has 0 aliphatic heterocycles. The number of alkyl halides is 3. The number of carboxylic acid groups (broad SMARTS) is 1. The summed E-state index contributed by atoms with van der Waals surface area (Å²) in [5, 5.41) is 8.44. The lowest BCUT2D eigenvalue weighted by Crippen LogP contribution is -2.20. The fraction of sp³-hybridized carbons (Fsp3) is 0.389. The van der Waals surface area contributed by atoms with E-state index in [-0.39, 0.29) is 5.57 Å². The normalized spacial score (nSPS) is 16.2. The molecule has 0 saturated carbocycles. The van der Waals surface area contributed by atoms with Crippen LogP contribution in [0.4, 0.5) is 13.2 Å². The van der Waals surface area contributed by atoms with E-state index in [2.05, 4.69) is 11.3 Å². The van der Waals surface area contributed by atoms with Gasteiger partial charge in [-0.3, -0.25) is 4.79 Å². The molecule has 1 N–H and O–H groups in total. The molecule has 0 bridgehead atoms. The summed E-state index contributed by atoms with van der Waals surface area (Å²) in [4.78, 5) is 33.9. The average molecular weight is 386 g/mol. The largest absolute Gasteiger partial charge is 0.479 e. The molecule has 0 radical (unpaired) electrons. The highest BCUT2D eigenvalue weighted by molar-refractivity contribution is 5.94. The molecule has 0 fully saturated rings. The highest BCUT2D eigenvalue weighted by Crippen LogP contribution is 2.37. The Morgan fingerprint density at radius 2 is 1.96 bits per heavy atom. The summed E-state index contributed by atoms with van der Waals surface area (Å²) in [5.74, 6) is -3.19. The Kier molecular flexibility index (Phi) is 6.24. The second kappa shape index (κ2) is 8.24. The highest BCUT2D eigenvalue weighted by Gasteiger charge is 2.33. The zero-order valence-corrected chi connectivity index (χ0v) is 14.2. The summed E-state index contributed by atoms with van der Waals surface area (Å²) < 4.78 is 48.2. The summed E-state index contributed by atoms with van der Waals surface area (Å²) in [7, 11) is 0. The standard InChI is InChI=1S/C18H17F3O6/c1-10(17(25)26-9-15(22)23)7-16(24)27-14-4-2-3-11-8-12(18(19,20)21)5-6-13(11)14/h5-6,8,14H,1-4,7,9H2,(H,22,23). The molecule has 0 amide bonds. The second-order valence-corrected chi connectivity index (χ2v) is 6.03. The Bertz CT molecular complexity index is 769. The summed E-state index contributed by atoms with van der Waals surface area (Å²) in [5.41, 5.74) is -0.0669. The SMILES string of the molecule is C=C(CC(=O)OC1CCCc2cc(C(F)(F)F)ccc21)C(=O)OCC(=O)O. The molecule has 1 aromatic carbocycles. The van der Waals surface area contributed by atoms with Gasteiger partial charge in [0, 0.05) is 5.57 Å². The molecule has 0 aromatic heterocycles. The summed E-state index contributed by atoms with van der Waals surface area (Å²) in [6.07, 6.45) is -4.24. The fourth-order valence-corrected chi connectivity index (χ4v) is 2.74. The molecule has 1 atom stereocenters. The van der Waals surface area contributed by atoms with Gasteiger partial charge in [0.05, 0.1) is 12.0 Å². The van der Waals surface area contributed by atoms with E-state index in [1.165, 1.54) is 6.07 Å². The van der Waals surface area contributed by atoms with Crippen molar-refractivity contribution < 1.29 is 42.1 Å². The van der Waals surface area contributed by atoms with Crippen LogP contribution in [0.1, 0.15) is 42.1 Å². The molecule has 2 rings (SSSR count). The van der Waals surface area contributed by atoms with Crippen molar-refractivity contribution in [2.45, 2.75) is 38.0 Å². The molecule has 27 heavy (non-hydrogen) atoms. The number of aryl methyl sites for hydroxylation is 1. The van der Waals surface area contributed by atoms with Crippen LogP contribution in [0.15, 0.2) is 30.4 Å². The number of aliphatic carboxylic acids is 1. The van der Waals surface area contributed by atoms with Gasteiger partial charge in [0.1, 0.15) is 6.10 Å². The van der Waals surface area contributed by atoms with Crippen LogP contribution >= 0.6 is 0 Å². The molecule has 0 heterocycles. The van der Waals surface area contributed by atoms with Crippen LogP contribution in [0.3, 0.4) is 0 Å². The first kappa shape index (κ1) is 20.5. The fourth-order valence-electron chi connectivity index (χ4n) is 2.74. The quantitative estimate of drug-likeness (QED) is 0.597. The number of rotatable bonds is 6. The van der Waals surface area contributed by atoms with Crippen LogP contribution < -0.4 is 0 Å². The van der Waals surface area contributed by atoms with Crippen LogP contribution in [-0.2, 0) is 36.5 Å². The van der Waals surface area contributed by atoms with E-state index in [4.69, 9.17) is 9.84 Å². The summed E-state index contributed by atoms with van der Waals surface area (Å²) in [6, 6.07) is 3.29. The Morgan fingerprint density at radius 1 is 1.26 bits per heavy atom. The van der Waals surface area contributed by atoms with Crippen molar-refractivity contribution in [2.75, 3.05) is 6.61 Å². The zero-order valence-electron chi connectivity index (χ0n) is 14.2. The number of carbonyl (C=O) groups excluding carboxylic acids is 2. The number of benzene rings is 1. The van der Waals surface area contributed by atoms with Gasteiger partial charge >= 0.3 is 24.1 Å². The molecule has 9 heteroatoms. The average Bonchev–Trinajstić information content (AvgIpc) is 2.58. The minimum absolute atomic E-state index is 0.273. The van der Waals surface area contributed by atoms with Crippen LogP contribution in [0.5, 0.6) is 0 Å². The third-order valence-corrected chi connectivity index (χ3v) is 3.98. The highest BCUT2D eigenvalue weighted by atomic mass is 19.4. The van der Waals surface area contributed by atoms with Crippen molar-refractivity contribution in [1.82, 2.24) is 0 Å². The first-order valence-corrected chi connectivity index (χ1v) is 8.04. The molecular formula is C18H17F3O6. The van der Waals surface area contributed by atoms with Crippen molar-refractivity contribution in [1.29, 1.82) is 0 Å². The number of carboxylic acids is 1. The van der Waals surface area contributed by atoms with E-state index in [1.54, 1.807) is 0 Å². The molecule has 1 aromatic rings. The van der Waals surface area contributed by atoms with Crippen LogP contribution in [0.2, 0.25) is 0 Å². The zero-order chi connectivity index (χ0) is 20.2. The van der Waals surface area contributed by atoms with Crippen LogP contribution in [-0.4, -0.2) is 29.6 Å². The van der Waals surface area contributed by atoms with Crippen LogP contribution in [0.25, 0.3) is 0 Å². The van der Waals surface area contributed by atoms with E-state index in [1.807, 2.05) is 0 Å². The van der Waals surface area contributed by atoms with E-state index in [9.17, 15) is 27.6 Å². The van der Waals surface area contributed by atoms with Gasteiger partial charge in [-0.1, -0.05) is 12.6 Å². The monoisotopic (exact) mass is 386 g/mol. The number of fused-ring (bicyclic) bond motifs is 1. The number of carbonyl (C=O) groups is 3. The minimum Gasteiger partial charge on any atom is -0.479 e. The molecule has 146 valence electrons. The summed E-state index contributed by atoms with van der Waals surface area (Å²) >= 11 is 0. The number of hydrogen-bond acceptors (Lipinski definition) is 5. The van der Waals surface area contributed by atoms with Crippen LogP contribution in [0, 0.1) is 0 Å². The predicted molar refractivity (Wildman–Crippen MR) is 85.6 cm³/mol. The summed E-state index contributed by atoms with van der Waals surface area (Å²) in [6.45, 7) is 2.50. The maximum atomic E-state index is 12.8. The van der Waals surface area contributed by atoms with Crippen molar-refractivity contribution in [3.63, 3.8) is 0 Å². The van der Waals surface area contributed by atoms with Crippen molar-refractivity contribution >= 4 is 17.9 Å². The van der Waals surface area contributed by atoms with Crippen molar-refractivity contribution in [3.05, 3.63) is 47.0 Å². The maximum Gasteiger partial charge on any atom is 0.416 e. The first-order chi connectivity index (χ1) is 12.6. The van der Waals surface area contributed by atoms with Gasteiger partial charge in [-0.2, -0.15) is 13.2 Å². The van der Waals surface area contributed by atoms with E-state index in [0.717, 1.165) is 12.1 Å². The lowest BCUT2D eigenvalue weighted by molar-refractivity contribution is -0.154. The van der Waals surface area contributed by atoms with E-state index >= 15 is 0 Å². The Balaban J connectivity index is 2.00. The van der Waals surface area contributed by atoms with Gasteiger partial charge in [0.25, 0.3) is 0 Å². The minimum atomic E-state index is -4.45. The smallest absolute Gasteiger partial charge is 0.416 e. The molecule has 1 aliphatic carbocycles. The molecule has 1 aliphatic rings. The Labute approximate surface area is 152 Å². The number of hydrogen-bond donors (Lipinski definition) is 1. The van der Waals surface area contributed by atoms with Gasteiger partial charge in [-0.25, -0.2) is 9.59 Å². The molecule has 1 unspecified atom stereocenters. The number of esters is 2. The van der Waals surface area contributed by atoms with Gasteiger partial charge in [0.15, 0.2) is 6.61 Å². The van der Waals surface area contributed by atoms with E-state index < -0.39 is 48.8 Å². The van der Waals surface area contributed by atoms with Crippen molar-refractivity contribution in [2.24, 2.45) is 0 Å². The maximum absolute atomic E-state index is 12.8. The van der Waals surface area contributed by atoms with Gasteiger partial charge in [-0.15, -0.1) is 0 Å². The number of halogens is 3. The van der Waals surface area contributed by atoms with Gasteiger partial charge in [0.2, 0.25) is 0 Å². The van der Waals surface area contributed by atoms with Gasteiger partial charge < -0.3 is 14.6 Å². The molecule has 0 spiro atoms. The second-order valence-electron chi connectivity index (χ2n) is 6.03. The topological polar surface area (TPSA) is 89.9 Å². The number of ether oxygens (including phenoxy) is 2. The molecular weight excluding hydrogens is 369 g/mol. The Morgan fingerprint density at radius 3 is 2.59 bits per heavy atom.